The summed E-state index contributed by atoms with van der Waals surface area (Å²) in [4.78, 5) is 25.8. The highest BCUT2D eigenvalue weighted by Crippen LogP contribution is 2.05. The summed E-state index contributed by atoms with van der Waals surface area (Å²) in [5.74, 6) is -0.692. The molecule has 0 spiro atoms. The molecule has 0 aliphatic rings. The van der Waals surface area contributed by atoms with E-state index in [0.717, 1.165) is 11.1 Å². The van der Waals surface area contributed by atoms with Gasteiger partial charge in [0.15, 0.2) is 5.78 Å². The maximum absolute atomic E-state index is 11.2. The van der Waals surface area contributed by atoms with E-state index in [0.29, 0.717) is 0 Å². The molecule has 0 radical (unpaired) electrons. The number of allylic oxidation sites excluding steroid dienone is 1. The molecule has 0 aliphatic carbocycles. The molecular formula is C9H9NO3S. The highest BCUT2D eigenvalue weighted by Gasteiger charge is 2.02. The van der Waals surface area contributed by atoms with Gasteiger partial charge in [0, 0.05) is 17.7 Å². The van der Waals surface area contributed by atoms with Gasteiger partial charge in [-0.2, -0.15) is 0 Å². The Balaban J connectivity index is 2.44. The molecule has 0 saturated carbocycles. The van der Waals surface area contributed by atoms with Gasteiger partial charge in [-0.25, -0.2) is 9.78 Å². The Morgan fingerprint density at radius 3 is 2.93 bits per heavy atom. The molecule has 0 unspecified atom stereocenters. The lowest BCUT2D eigenvalue weighted by molar-refractivity contribution is -0.135. The van der Waals surface area contributed by atoms with Crippen LogP contribution in [0.15, 0.2) is 23.7 Å². The van der Waals surface area contributed by atoms with Crippen molar-refractivity contribution in [3.8, 4) is 0 Å². The van der Waals surface area contributed by atoms with Crippen molar-refractivity contribution in [3.05, 3.63) is 28.7 Å². The smallest absolute Gasteiger partial charge is 0.330 e. The highest BCUT2D eigenvalue weighted by atomic mass is 32.1. The van der Waals surface area contributed by atoms with Crippen LogP contribution < -0.4 is 0 Å². The first-order chi connectivity index (χ1) is 6.72. The number of ether oxygens (including phenoxy) is 1. The van der Waals surface area contributed by atoms with Crippen molar-refractivity contribution in [3.63, 3.8) is 0 Å². The molecule has 1 aromatic rings. The fourth-order valence-corrected chi connectivity index (χ4v) is 1.40. The van der Waals surface area contributed by atoms with E-state index in [1.165, 1.54) is 24.5 Å². The van der Waals surface area contributed by atoms with Crippen molar-refractivity contribution in [2.45, 2.75) is 6.42 Å². The minimum atomic E-state index is -0.530. The third-order valence-electron chi connectivity index (χ3n) is 1.42. The number of esters is 1. The minimum Gasteiger partial charge on any atom is -0.466 e. The molecular weight excluding hydrogens is 202 g/mol. The van der Waals surface area contributed by atoms with E-state index >= 15 is 0 Å². The summed E-state index contributed by atoms with van der Waals surface area (Å²) >= 11 is 1.41. The van der Waals surface area contributed by atoms with E-state index in [2.05, 4.69) is 9.72 Å². The van der Waals surface area contributed by atoms with Crippen LogP contribution in [0, 0.1) is 0 Å². The van der Waals surface area contributed by atoms with Crippen LogP contribution in [0.5, 0.6) is 0 Å². The number of carbonyl (C=O) groups is 2. The first kappa shape index (κ1) is 10.6. The van der Waals surface area contributed by atoms with Gasteiger partial charge in [0.2, 0.25) is 0 Å². The number of hydrogen-bond donors (Lipinski definition) is 0. The largest absolute Gasteiger partial charge is 0.466 e. The molecule has 0 atom stereocenters. The van der Waals surface area contributed by atoms with Crippen molar-refractivity contribution < 1.29 is 14.3 Å². The van der Waals surface area contributed by atoms with Gasteiger partial charge < -0.3 is 4.74 Å². The summed E-state index contributed by atoms with van der Waals surface area (Å²) in [6, 6.07) is 0. The second-order valence-electron chi connectivity index (χ2n) is 2.43. The molecule has 0 saturated heterocycles. The lowest BCUT2D eigenvalue weighted by atomic mass is 10.3. The Bertz CT molecular complexity index is 343. The number of hydrogen-bond acceptors (Lipinski definition) is 5. The molecule has 0 amide bonds. The van der Waals surface area contributed by atoms with E-state index in [4.69, 9.17) is 0 Å². The van der Waals surface area contributed by atoms with Crippen LogP contribution in [0.3, 0.4) is 0 Å². The zero-order valence-corrected chi connectivity index (χ0v) is 8.41. The summed E-state index contributed by atoms with van der Waals surface area (Å²) in [6.07, 6.45) is 4.17. The van der Waals surface area contributed by atoms with Crippen LogP contribution in [0.1, 0.15) is 5.01 Å². The summed E-state index contributed by atoms with van der Waals surface area (Å²) in [5.41, 5.74) is 0. The lowest BCUT2D eigenvalue weighted by Gasteiger charge is -1.90. The number of thiazole rings is 1. The predicted molar refractivity (Wildman–Crippen MR) is 52.0 cm³/mol. The summed E-state index contributed by atoms with van der Waals surface area (Å²) in [5, 5.41) is 2.54. The first-order valence-electron chi connectivity index (χ1n) is 3.89. The Morgan fingerprint density at radius 1 is 1.57 bits per heavy atom. The Morgan fingerprint density at radius 2 is 2.36 bits per heavy atom. The topological polar surface area (TPSA) is 56.3 Å². The van der Waals surface area contributed by atoms with E-state index in [9.17, 15) is 9.59 Å². The van der Waals surface area contributed by atoms with Crippen molar-refractivity contribution in [1.82, 2.24) is 4.98 Å². The monoisotopic (exact) mass is 211 g/mol. The third-order valence-corrected chi connectivity index (χ3v) is 2.20. The summed E-state index contributed by atoms with van der Waals surface area (Å²) in [6.45, 7) is 0. The van der Waals surface area contributed by atoms with E-state index in [1.54, 1.807) is 11.6 Å². The van der Waals surface area contributed by atoms with E-state index in [1.807, 2.05) is 0 Å². The molecule has 1 rings (SSSR count). The second kappa shape index (κ2) is 5.29. The third kappa shape index (κ3) is 3.49. The standard InChI is InChI=1S/C9H9NO3S/c1-13-9(12)3-2-7(11)6-8-10-4-5-14-8/h2-5H,6H2,1H3/b3-2+. The summed E-state index contributed by atoms with van der Waals surface area (Å²) < 4.78 is 4.34. The minimum absolute atomic E-state index is 0.162. The van der Waals surface area contributed by atoms with Gasteiger partial charge in [0.25, 0.3) is 0 Å². The average Bonchev–Trinajstić information content (AvgIpc) is 2.66. The zero-order valence-electron chi connectivity index (χ0n) is 7.60. The number of carbonyl (C=O) groups excluding carboxylic acids is 2. The number of rotatable bonds is 4. The van der Waals surface area contributed by atoms with Crippen molar-refractivity contribution in [1.29, 1.82) is 0 Å². The van der Waals surface area contributed by atoms with E-state index < -0.39 is 5.97 Å². The van der Waals surface area contributed by atoms with Gasteiger partial charge in [-0.3, -0.25) is 4.79 Å². The highest BCUT2D eigenvalue weighted by molar-refractivity contribution is 7.09. The molecule has 0 bridgehead atoms. The van der Waals surface area contributed by atoms with Crippen LogP contribution >= 0.6 is 11.3 Å². The van der Waals surface area contributed by atoms with Crippen LogP contribution in [0.25, 0.3) is 0 Å². The second-order valence-corrected chi connectivity index (χ2v) is 3.40. The Kier molecular flexibility index (Phi) is 4.00. The molecule has 14 heavy (non-hydrogen) atoms. The van der Waals surface area contributed by atoms with Crippen LogP contribution in [-0.4, -0.2) is 23.8 Å². The molecule has 0 aliphatic heterocycles. The van der Waals surface area contributed by atoms with Gasteiger partial charge in [0.05, 0.1) is 13.5 Å². The van der Waals surface area contributed by atoms with E-state index in [-0.39, 0.29) is 12.2 Å². The van der Waals surface area contributed by atoms with Gasteiger partial charge in [-0.15, -0.1) is 11.3 Å². The summed E-state index contributed by atoms with van der Waals surface area (Å²) in [7, 11) is 1.26. The quantitative estimate of drug-likeness (QED) is 0.550. The normalized spacial score (nSPS) is 10.4. The van der Waals surface area contributed by atoms with Crippen molar-refractivity contribution >= 4 is 23.1 Å². The van der Waals surface area contributed by atoms with Gasteiger partial charge >= 0.3 is 5.97 Å². The number of methoxy groups -OCH3 is 1. The maximum Gasteiger partial charge on any atom is 0.330 e. The zero-order chi connectivity index (χ0) is 10.4. The average molecular weight is 211 g/mol. The Hall–Kier alpha value is -1.49. The first-order valence-corrected chi connectivity index (χ1v) is 4.77. The van der Waals surface area contributed by atoms with Crippen LogP contribution in [0.4, 0.5) is 0 Å². The Labute approximate surface area is 85.2 Å². The SMILES string of the molecule is COC(=O)/C=C/C(=O)Cc1nccs1. The van der Waals surface area contributed by atoms with Gasteiger partial charge in [-0.05, 0) is 6.08 Å². The van der Waals surface area contributed by atoms with Crippen molar-refractivity contribution in [2.24, 2.45) is 0 Å². The van der Waals surface area contributed by atoms with Gasteiger partial charge in [-0.1, -0.05) is 0 Å². The van der Waals surface area contributed by atoms with Crippen molar-refractivity contribution in [2.75, 3.05) is 7.11 Å². The number of aromatic nitrogens is 1. The van der Waals surface area contributed by atoms with Gasteiger partial charge in [0.1, 0.15) is 5.01 Å². The fraction of sp³-hybridized carbons (Fsp3) is 0.222. The molecule has 0 aromatic carbocycles. The van der Waals surface area contributed by atoms with Crippen LogP contribution in [-0.2, 0) is 20.7 Å². The van der Waals surface area contributed by atoms with Crippen LogP contribution in [0.2, 0.25) is 0 Å². The molecule has 5 heteroatoms. The molecule has 74 valence electrons. The molecule has 1 heterocycles. The molecule has 0 fully saturated rings. The number of ketones is 1. The predicted octanol–water partition coefficient (Wildman–Crippen LogP) is 0.984. The number of nitrogens with zero attached hydrogens (tertiary/aromatic N) is 1. The molecule has 1 aromatic heterocycles. The molecule has 0 N–H and O–H groups in total. The fourth-order valence-electron chi connectivity index (χ4n) is 0.777. The maximum atomic E-state index is 11.2. The molecule has 4 nitrogen and oxygen atoms in total. The lowest BCUT2D eigenvalue weighted by Crippen LogP contribution is -2.00.